The predicted molar refractivity (Wildman–Crippen MR) is 126 cm³/mol. The number of benzene rings is 3. The van der Waals surface area contributed by atoms with E-state index >= 15 is 0 Å². The first-order valence-electron chi connectivity index (χ1n) is 11.0. The average Bonchev–Trinajstić information content (AvgIpc) is 3.21. The molecule has 4 rings (SSSR count). The van der Waals surface area contributed by atoms with Crippen LogP contribution < -0.4 is 15.4 Å². The molecule has 3 aromatic rings. The fraction of sp³-hybridized carbons (Fsp3) is 0.259. The highest BCUT2D eigenvalue weighted by atomic mass is 19.1. The molecule has 0 aliphatic carbocycles. The van der Waals surface area contributed by atoms with Crippen LogP contribution in [-0.4, -0.2) is 25.4 Å². The van der Waals surface area contributed by atoms with Crippen LogP contribution in [0, 0.1) is 11.7 Å². The highest BCUT2D eigenvalue weighted by Crippen LogP contribution is 2.47. The summed E-state index contributed by atoms with van der Waals surface area (Å²) in [6.45, 7) is 4.70. The second kappa shape index (κ2) is 9.45. The molecule has 1 aliphatic heterocycles. The van der Waals surface area contributed by atoms with Gasteiger partial charge in [0.2, 0.25) is 5.91 Å². The minimum atomic E-state index is -0.576. The Kier molecular flexibility index (Phi) is 6.45. The SMILES string of the molecule is CNC(=O)C1c2cc(-c3cccc(C(=O)NCC(C)C)c3)ccc2OC1c1ccc(F)cc1. The van der Waals surface area contributed by atoms with E-state index in [0.29, 0.717) is 23.8 Å². The van der Waals surface area contributed by atoms with Crippen molar-refractivity contribution in [3.05, 3.63) is 89.2 Å². The third-order valence-electron chi connectivity index (χ3n) is 5.76. The van der Waals surface area contributed by atoms with Crippen molar-refractivity contribution in [1.82, 2.24) is 10.6 Å². The summed E-state index contributed by atoms with van der Waals surface area (Å²) in [5.41, 5.74) is 3.82. The Bertz CT molecular complexity index is 1170. The first-order chi connectivity index (χ1) is 15.9. The number of halogens is 1. The van der Waals surface area contributed by atoms with Gasteiger partial charge in [-0.25, -0.2) is 4.39 Å². The Labute approximate surface area is 193 Å². The maximum absolute atomic E-state index is 13.4. The summed E-state index contributed by atoms with van der Waals surface area (Å²) in [5, 5.41) is 5.66. The van der Waals surface area contributed by atoms with Crippen molar-refractivity contribution in [2.75, 3.05) is 13.6 Å². The van der Waals surface area contributed by atoms with Gasteiger partial charge in [-0.2, -0.15) is 0 Å². The fourth-order valence-corrected chi connectivity index (χ4v) is 4.03. The Hall–Kier alpha value is -3.67. The molecule has 1 aliphatic rings. The second-order valence-electron chi connectivity index (χ2n) is 8.62. The van der Waals surface area contributed by atoms with Gasteiger partial charge >= 0.3 is 0 Å². The highest BCUT2D eigenvalue weighted by molar-refractivity contribution is 5.95. The van der Waals surface area contributed by atoms with Gasteiger partial charge in [0.15, 0.2) is 0 Å². The first kappa shape index (κ1) is 22.5. The van der Waals surface area contributed by atoms with Crippen molar-refractivity contribution in [2.24, 2.45) is 5.92 Å². The summed E-state index contributed by atoms with van der Waals surface area (Å²) in [6.07, 6.45) is -0.552. The molecule has 2 N–H and O–H groups in total. The summed E-state index contributed by atoms with van der Waals surface area (Å²) in [5.74, 6) is -0.230. The smallest absolute Gasteiger partial charge is 0.251 e. The van der Waals surface area contributed by atoms with Crippen molar-refractivity contribution in [1.29, 1.82) is 0 Å². The molecule has 0 spiro atoms. The lowest BCUT2D eigenvalue weighted by Crippen LogP contribution is -2.28. The molecule has 3 aromatic carbocycles. The first-order valence-corrected chi connectivity index (χ1v) is 11.0. The van der Waals surface area contributed by atoms with Crippen molar-refractivity contribution in [2.45, 2.75) is 25.9 Å². The Morgan fingerprint density at radius 1 is 1.00 bits per heavy atom. The van der Waals surface area contributed by atoms with E-state index < -0.39 is 12.0 Å². The van der Waals surface area contributed by atoms with Crippen molar-refractivity contribution in [3.8, 4) is 16.9 Å². The third kappa shape index (κ3) is 4.75. The molecule has 2 unspecified atom stereocenters. The van der Waals surface area contributed by atoms with Gasteiger partial charge in [0, 0.05) is 24.7 Å². The Morgan fingerprint density at radius 3 is 2.42 bits per heavy atom. The molecule has 170 valence electrons. The van der Waals surface area contributed by atoms with Gasteiger partial charge in [-0.05, 0) is 59.0 Å². The number of hydrogen-bond acceptors (Lipinski definition) is 3. The molecule has 6 heteroatoms. The van der Waals surface area contributed by atoms with E-state index in [-0.39, 0.29) is 17.6 Å². The van der Waals surface area contributed by atoms with Gasteiger partial charge in [-0.15, -0.1) is 0 Å². The van der Waals surface area contributed by atoms with E-state index in [1.165, 1.54) is 12.1 Å². The van der Waals surface area contributed by atoms with Gasteiger partial charge in [-0.1, -0.05) is 44.2 Å². The van der Waals surface area contributed by atoms with Crippen LogP contribution in [0.25, 0.3) is 11.1 Å². The quantitative estimate of drug-likeness (QED) is 0.569. The van der Waals surface area contributed by atoms with E-state index in [1.54, 1.807) is 25.2 Å². The summed E-state index contributed by atoms with van der Waals surface area (Å²) < 4.78 is 19.6. The summed E-state index contributed by atoms with van der Waals surface area (Å²) in [4.78, 5) is 25.3. The van der Waals surface area contributed by atoms with Crippen LogP contribution in [0.15, 0.2) is 66.7 Å². The summed E-state index contributed by atoms with van der Waals surface area (Å²) in [7, 11) is 1.59. The van der Waals surface area contributed by atoms with Gasteiger partial charge < -0.3 is 15.4 Å². The number of nitrogens with one attached hydrogen (secondary N) is 2. The molecular formula is C27H27FN2O3. The lowest BCUT2D eigenvalue weighted by atomic mass is 9.88. The molecule has 0 saturated carbocycles. The molecular weight excluding hydrogens is 419 g/mol. The molecule has 2 amide bonds. The van der Waals surface area contributed by atoms with Crippen LogP contribution in [0.1, 0.15) is 47.4 Å². The number of hydrogen-bond donors (Lipinski definition) is 2. The number of carbonyl (C=O) groups excluding carboxylic acids is 2. The largest absolute Gasteiger partial charge is 0.484 e. The van der Waals surface area contributed by atoms with Crippen LogP contribution >= 0.6 is 0 Å². The number of rotatable bonds is 6. The normalized spacial score (nSPS) is 16.8. The number of carbonyl (C=O) groups is 2. The summed E-state index contributed by atoms with van der Waals surface area (Å²) in [6, 6.07) is 19.1. The van der Waals surface area contributed by atoms with Gasteiger partial charge in [0.25, 0.3) is 5.91 Å². The van der Waals surface area contributed by atoms with E-state index in [9.17, 15) is 14.0 Å². The second-order valence-corrected chi connectivity index (χ2v) is 8.62. The lowest BCUT2D eigenvalue weighted by molar-refractivity contribution is -0.123. The minimum absolute atomic E-state index is 0.116. The van der Waals surface area contributed by atoms with E-state index in [0.717, 1.165) is 22.3 Å². The predicted octanol–water partition coefficient (Wildman–Crippen LogP) is 4.84. The molecule has 1 heterocycles. The zero-order valence-corrected chi connectivity index (χ0v) is 18.9. The van der Waals surface area contributed by atoms with Crippen molar-refractivity contribution >= 4 is 11.8 Å². The molecule has 0 aromatic heterocycles. The van der Waals surface area contributed by atoms with Gasteiger partial charge in [-0.3, -0.25) is 9.59 Å². The summed E-state index contributed by atoms with van der Waals surface area (Å²) >= 11 is 0. The highest BCUT2D eigenvalue weighted by Gasteiger charge is 2.40. The number of amides is 2. The van der Waals surface area contributed by atoms with Crippen LogP contribution in [0.2, 0.25) is 0 Å². The zero-order chi connectivity index (χ0) is 23.5. The molecule has 5 nitrogen and oxygen atoms in total. The number of likely N-dealkylation sites (N-methyl/N-ethyl adjacent to an activating group) is 1. The van der Waals surface area contributed by atoms with Crippen molar-refractivity contribution in [3.63, 3.8) is 0 Å². The van der Waals surface area contributed by atoms with Crippen molar-refractivity contribution < 1.29 is 18.7 Å². The van der Waals surface area contributed by atoms with E-state index in [2.05, 4.69) is 10.6 Å². The van der Waals surface area contributed by atoms with Crippen LogP contribution in [0.5, 0.6) is 5.75 Å². The monoisotopic (exact) mass is 446 g/mol. The molecule has 0 fully saturated rings. The van der Waals surface area contributed by atoms with Gasteiger partial charge in [0.05, 0.1) is 0 Å². The Balaban J connectivity index is 1.67. The van der Waals surface area contributed by atoms with E-state index in [1.807, 2.05) is 50.2 Å². The van der Waals surface area contributed by atoms with E-state index in [4.69, 9.17) is 4.74 Å². The molecule has 0 bridgehead atoms. The topological polar surface area (TPSA) is 67.4 Å². The number of fused-ring (bicyclic) bond motifs is 1. The molecule has 33 heavy (non-hydrogen) atoms. The molecule has 0 saturated heterocycles. The minimum Gasteiger partial charge on any atom is -0.484 e. The van der Waals surface area contributed by atoms with Crippen LogP contribution in [0.3, 0.4) is 0 Å². The van der Waals surface area contributed by atoms with Crippen LogP contribution in [-0.2, 0) is 4.79 Å². The van der Waals surface area contributed by atoms with Crippen LogP contribution in [0.4, 0.5) is 4.39 Å². The lowest BCUT2D eigenvalue weighted by Gasteiger charge is -2.18. The molecule has 0 radical (unpaired) electrons. The fourth-order valence-electron chi connectivity index (χ4n) is 4.03. The van der Waals surface area contributed by atoms with Gasteiger partial charge in [0.1, 0.15) is 23.6 Å². The zero-order valence-electron chi connectivity index (χ0n) is 18.9. The average molecular weight is 447 g/mol. The molecule has 2 atom stereocenters. The third-order valence-corrected chi connectivity index (χ3v) is 5.76. The standard InChI is InChI=1S/C27H27FN2O3/c1-16(2)15-30-26(31)20-6-4-5-18(13-20)19-9-12-23-22(14-19)24(27(32)29-3)25(33-23)17-7-10-21(28)11-8-17/h4-14,16,24-25H,15H2,1-3H3,(H,29,32)(H,30,31). The maximum atomic E-state index is 13.4. The maximum Gasteiger partial charge on any atom is 0.251 e. The number of ether oxygens (including phenoxy) is 1. The Morgan fingerprint density at radius 2 is 1.73 bits per heavy atom.